The van der Waals surface area contributed by atoms with Gasteiger partial charge < -0.3 is 18.6 Å². The fraction of sp³-hybridized carbons (Fsp3) is 0.235. The van der Waals surface area contributed by atoms with Crippen LogP contribution in [0.15, 0.2) is 51.6 Å². The normalized spacial score (nSPS) is 14.5. The van der Waals surface area contributed by atoms with Crippen LogP contribution >= 0.6 is 0 Å². The summed E-state index contributed by atoms with van der Waals surface area (Å²) in [6.45, 7) is 2.83. The van der Waals surface area contributed by atoms with E-state index in [4.69, 9.17) is 13.7 Å². The van der Waals surface area contributed by atoms with E-state index in [0.717, 1.165) is 5.56 Å². The number of carbonyl (C=O) groups is 1. The van der Waals surface area contributed by atoms with Crippen LogP contribution in [-0.4, -0.2) is 40.1 Å². The van der Waals surface area contributed by atoms with Crippen molar-refractivity contribution >= 4 is 5.91 Å². The molecule has 4 rings (SSSR count). The average molecular weight is 325 g/mol. The fourth-order valence-electron chi connectivity index (χ4n) is 2.54. The van der Waals surface area contributed by atoms with Gasteiger partial charge in [-0.1, -0.05) is 11.2 Å². The zero-order chi connectivity index (χ0) is 16.5. The second-order valence-electron chi connectivity index (χ2n) is 5.60. The van der Waals surface area contributed by atoms with Gasteiger partial charge in [-0.05, 0) is 37.3 Å². The van der Waals surface area contributed by atoms with Gasteiger partial charge in [0.15, 0.2) is 11.6 Å². The topological polar surface area (TPSA) is 81.6 Å². The first kappa shape index (κ1) is 14.5. The predicted octanol–water partition coefficient (Wildman–Crippen LogP) is 2.54. The van der Waals surface area contributed by atoms with Crippen LogP contribution in [0, 0.1) is 6.92 Å². The molecule has 1 saturated heterocycles. The standard InChI is InChI=1S/C17H15N3O4/c1-11-18-16(24-19-11)12-4-2-5-13(8-12)23-14-9-20(10-14)17(21)15-6-3-7-22-15/h2-8,14H,9-10H2,1H3. The molecule has 1 fully saturated rings. The van der Waals surface area contributed by atoms with Crippen molar-refractivity contribution in [2.24, 2.45) is 0 Å². The van der Waals surface area contributed by atoms with Crippen LogP contribution in [0.2, 0.25) is 0 Å². The maximum atomic E-state index is 12.1. The lowest BCUT2D eigenvalue weighted by molar-refractivity contribution is 0.0155. The molecule has 122 valence electrons. The smallest absolute Gasteiger partial charge is 0.289 e. The second kappa shape index (κ2) is 5.84. The van der Waals surface area contributed by atoms with Crippen molar-refractivity contribution in [3.8, 4) is 17.2 Å². The van der Waals surface area contributed by atoms with E-state index in [1.54, 1.807) is 24.0 Å². The van der Waals surface area contributed by atoms with Crippen LogP contribution in [0.5, 0.6) is 5.75 Å². The van der Waals surface area contributed by atoms with Gasteiger partial charge in [0.2, 0.25) is 0 Å². The lowest BCUT2D eigenvalue weighted by atomic mass is 10.1. The Balaban J connectivity index is 1.38. The van der Waals surface area contributed by atoms with Gasteiger partial charge in [0, 0.05) is 5.56 Å². The molecule has 7 nitrogen and oxygen atoms in total. The number of carbonyl (C=O) groups excluding carboxylic acids is 1. The molecule has 3 heterocycles. The van der Waals surface area contributed by atoms with Crippen molar-refractivity contribution < 1.29 is 18.5 Å². The van der Waals surface area contributed by atoms with Crippen LogP contribution in [0.1, 0.15) is 16.4 Å². The first-order valence-corrected chi connectivity index (χ1v) is 7.59. The number of ether oxygens (including phenoxy) is 1. The van der Waals surface area contributed by atoms with E-state index in [2.05, 4.69) is 10.1 Å². The van der Waals surface area contributed by atoms with E-state index in [1.165, 1.54) is 6.26 Å². The number of rotatable bonds is 4. The van der Waals surface area contributed by atoms with E-state index in [0.29, 0.717) is 36.3 Å². The number of furan rings is 1. The van der Waals surface area contributed by atoms with Crippen molar-refractivity contribution in [2.45, 2.75) is 13.0 Å². The largest absolute Gasteiger partial charge is 0.487 e. The molecule has 0 atom stereocenters. The van der Waals surface area contributed by atoms with Gasteiger partial charge in [0.25, 0.3) is 11.8 Å². The number of hydrogen-bond donors (Lipinski definition) is 0. The SMILES string of the molecule is Cc1noc(-c2cccc(OC3CN(C(=O)c4ccco4)C3)c2)n1. The lowest BCUT2D eigenvalue weighted by Crippen LogP contribution is -2.56. The van der Waals surface area contributed by atoms with Crippen molar-refractivity contribution in [1.82, 2.24) is 15.0 Å². The van der Waals surface area contributed by atoms with Gasteiger partial charge in [-0.15, -0.1) is 0 Å². The highest BCUT2D eigenvalue weighted by Crippen LogP contribution is 2.25. The van der Waals surface area contributed by atoms with Gasteiger partial charge in [0.1, 0.15) is 11.9 Å². The number of benzene rings is 1. The van der Waals surface area contributed by atoms with E-state index in [9.17, 15) is 4.79 Å². The minimum absolute atomic E-state index is 0.0383. The Morgan fingerprint density at radius 1 is 1.29 bits per heavy atom. The highest BCUT2D eigenvalue weighted by molar-refractivity contribution is 5.92. The molecule has 0 spiro atoms. The Bertz CT molecular complexity index is 850. The molecule has 0 N–H and O–H groups in total. The maximum Gasteiger partial charge on any atom is 0.289 e. The first-order valence-electron chi connectivity index (χ1n) is 7.59. The van der Waals surface area contributed by atoms with Gasteiger partial charge in [-0.3, -0.25) is 4.79 Å². The predicted molar refractivity (Wildman–Crippen MR) is 83.5 cm³/mol. The highest BCUT2D eigenvalue weighted by atomic mass is 16.5. The Hall–Kier alpha value is -3.09. The van der Waals surface area contributed by atoms with E-state index in [-0.39, 0.29) is 12.0 Å². The molecule has 7 heteroatoms. The third kappa shape index (κ3) is 2.76. The highest BCUT2D eigenvalue weighted by Gasteiger charge is 2.33. The number of aromatic nitrogens is 2. The van der Waals surface area contributed by atoms with E-state index in [1.807, 2.05) is 24.3 Å². The molecule has 2 aromatic heterocycles. The third-order valence-electron chi connectivity index (χ3n) is 3.78. The zero-order valence-corrected chi connectivity index (χ0v) is 13.0. The van der Waals surface area contributed by atoms with E-state index < -0.39 is 0 Å². The summed E-state index contributed by atoms with van der Waals surface area (Å²) in [6.07, 6.45) is 1.45. The molecule has 0 aliphatic carbocycles. The molecule has 0 unspecified atom stereocenters. The molecule has 1 aromatic carbocycles. The summed E-state index contributed by atoms with van der Waals surface area (Å²) in [7, 11) is 0. The van der Waals surface area contributed by atoms with E-state index >= 15 is 0 Å². The monoisotopic (exact) mass is 325 g/mol. The summed E-state index contributed by atoms with van der Waals surface area (Å²) in [5.74, 6) is 1.99. The molecule has 0 radical (unpaired) electrons. The number of hydrogen-bond acceptors (Lipinski definition) is 6. The van der Waals surface area contributed by atoms with Crippen LogP contribution < -0.4 is 4.74 Å². The number of likely N-dealkylation sites (tertiary alicyclic amines) is 1. The Labute approximate surface area is 137 Å². The quantitative estimate of drug-likeness (QED) is 0.733. The summed E-state index contributed by atoms with van der Waals surface area (Å²) in [5.41, 5.74) is 0.802. The number of amides is 1. The molecule has 1 aliphatic rings. The van der Waals surface area contributed by atoms with Crippen LogP contribution in [0.25, 0.3) is 11.5 Å². The minimum atomic E-state index is -0.116. The Morgan fingerprint density at radius 2 is 2.17 bits per heavy atom. The van der Waals surface area contributed by atoms with Crippen molar-refractivity contribution in [3.63, 3.8) is 0 Å². The summed E-state index contributed by atoms with van der Waals surface area (Å²) in [6, 6.07) is 10.8. The Kier molecular flexibility index (Phi) is 3.53. The molecule has 1 amide bonds. The summed E-state index contributed by atoms with van der Waals surface area (Å²) in [5, 5.41) is 3.78. The molecule has 3 aromatic rings. The number of aryl methyl sites for hydroxylation is 1. The minimum Gasteiger partial charge on any atom is -0.487 e. The fourth-order valence-corrected chi connectivity index (χ4v) is 2.54. The van der Waals surface area contributed by atoms with Gasteiger partial charge in [-0.2, -0.15) is 4.98 Å². The lowest BCUT2D eigenvalue weighted by Gasteiger charge is -2.38. The molecular weight excluding hydrogens is 310 g/mol. The van der Waals surface area contributed by atoms with Crippen LogP contribution in [0.3, 0.4) is 0 Å². The first-order chi connectivity index (χ1) is 11.7. The molecular formula is C17H15N3O4. The Morgan fingerprint density at radius 3 is 2.88 bits per heavy atom. The third-order valence-corrected chi connectivity index (χ3v) is 3.78. The molecule has 24 heavy (non-hydrogen) atoms. The molecule has 0 bridgehead atoms. The average Bonchev–Trinajstić information content (AvgIpc) is 3.21. The summed E-state index contributed by atoms with van der Waals surface area (Å²) in [4.78, 5) is 18.0. The van der Waals surface area contributed by atoms with Gasteiger partial charge in [-0.25, -0.2) is 0 Å². The maximum absolute atomic E-state index is 12.1. The number of nitrogens with zero attached hydrogens (tertiary/aromatic N) is 3. The van der Waals surface area contributed by atoms with Gasteiger partial charge >= 0.3 is 0 Å². The zero-order valence-electron chi connectivity index (χ0n) is 13.0. The van der Waals surface area contributed by atoms with Crippen molar-refractivity contribution in [2.75, 3.05) is 13.1 Å². The van der Waals surface area contributed by atoms with Crippen LogP contribution in [0.4, 0.5) is 0 Å². The second-order valence-corrected chi connectivity index (χ2v) is 5.60. The van der Waals surface area contributed by atoms with Crippen molar-refractivity contribution in [1.29, 1.82) is 0 Å². The van der Waals surface area contributed by atoms with Crippen molar-refractivity contribution in [3.05, 3.63) is 54.2 Å². The van der Waals surface area contributed by atoms with Gasteiger partial charge in [0.05, 0.1) is 19.4 Å². The van der Waals surface area contributed by atoms with Crippen LogP contribution in [-0.2, 0) is 0 Å². The molecule has 0 saturated carbocycles. The summed E-state index contributed by atoms with van der Waals surface area (Å²) >= 11 is 0. The summed E-state index contributed by atoms with van der Waals surface area (Å²) < 4.78 is 16.2. The molecule has 1 aliphatic heterocycles.